The van der Waals surface area contributed by atoms with E-state index in [9.17, 15) is 22.0 Å². The predicted octanol–water partition coefficient (Wildman–Crippen LogP) is 3.69. The Labute approximate surface area is 184 Å². The third kappa shape index (κ3) is 4.07. The van der Waals surface area contributed by atoms with Crippen molar-refractivity contribution in [2.75, 3.05) is 19.3 Å². The Balaban J connectivity index is 1.65. The average molecular weight is 471 g/mol. The molecular weight excluding hydrogens is 446 g/mol. The third-order valence-corrected chi connectivity index (χ3v) is 8.07. The lowest BCUT2D eigenvalue weighted by Crippen LogP contribution is -2.35. The SMILES string of the molecule is Cc1nc(C23CC2CN(C(=O)c2cc(S(C)(=O)=O)ccc2O[C@@H](C)C(C)(F)F)C3)cs1. The number of carbonyl (C=O) groups excluding carboxylic acids is 1. The number of fused-ring (bicyclic) bond motifs is 1. The number of sulfone groups is 1. The van der Waals surface area contributed by atoms with Gasteiger partial charge in [-0.15, -0.1) is 11.3 Å². The summed E-state index contributed by atoms with van der Waals surface area (Å²) >= 11 is 1.57. The second kappa shape index (κ2) is 7.23. The van der Waals surface area contributed by atoms with Gasteiger partial charge in [-0.2, -0.15) is 0 Å². The van der Waals surface area contributed by atoms with E-state index in [1.165, 1.54) is 25.1 Å². The van der Waals surface area contributed by atoms with Crippen LogP contribution in [0.25, 0.3) is 0 Å². The van der Waals surface area contributed by atoms with Crippen LogP contribution in [0.2, 0.25) is 0 Å². The molecular formula is C21H24F2N2O4S2. The van der Waals surface area contributed by atoms with E-state index < -0.39 is 27.8 Å². The molecule has 1 amide bonds. The first-order chi connectivity index (χ1) is 14.3. The molecule has 3 atom stereocenters. The molecule has 10 heteroatoms. The quantitative estimate of drug-likeness (QED) is 0.644. The Bertz CT molecular complexity index is 1140. The summed E-state index contributed by atoms with van der Waals surface area (Å²) in [6.07, 6.45) is 0.496. The second-order valence-corrected chi connectivity index (χ2v) is 11.7. The number of amides is 1. The van der Waals surface area contributed by atoms with Gasteiger partial charge < -0.3 is 9.64 Å². The summed E-state index contributed by atoms with van der Waals surface area (Å²) in [5.41, 5.74) is 0.792. The molecule has 1 aliphatic carbocycles. The number of thiazole rings is 1. The van der Waals surface area contributed by atoms with Crippen molar-refractivity contribution >= 4 is 27.1 Å². The Hall–Kier alpha value is -2.07. The molecule has 2 unspecified atom stereocenters. The Morgan fingerprint density at radius 2 is 2.13 bits per heavy atom. The van der Waals surface area contributed by atoms with Crippen LogP contribution in [0.3, 0.4) is 0 Å². The first-order valence-electron chi connectivity index (χ1n) is 9.92. The number of aromatic nitrogens is 1. The molecule has 2 aromatic rings. The molecule has 0 radical (unpaired) electrons. The van der Waals surface area contributed by atoms with E-state index in [4.69, 9.17) is 4.74 Å². The van der Waals surface area contributed by atoms with E-state index in [1.54, 1.807) is 16.2 Å². The van der Waals surface area contributed by atoms with Crippen molar-refractivity contribution in [3.05, 3.63) is 39.8 Å². The van der Waals surface area contributed by atoms with Crippen LogP contribution in [0, 0.1) is 12.8 Å². The van der Waals surface area contributed by atoms with E-state index in [1.807, 2.05) is 12.3 Å². The van der Waals surface area contributed by atoms with Gasteiger partial charge in [0.25, 0.3) is 11.8 Å². The summed E-state index contributed by atoms with van der Waals surface area (Å²) in [6, 6.07) is 3.77. The van der Waals surface area contributed by atoms with Gasteiger partial charge in [0.2, 0.25) is 0 Å². The topological polar surface area (TPSA) is 76.6 Å². The van der Waals surface area contributed by atoms with Crippen LogP contribution in [0.1, 0.15) is 41.3 Å². The maximum absolute atomic E-state index is 13.7. The fourth-order valence-electron chi connectivity index (χ4n) is 4.10. The van der Waals surface area contributed by atoms with Crippen LogP contribution < -0.4 is 4.74 Å². The van der Waals surface area contributed by atoms with Crippen LogP contribution in [-0.2, 0) is 15.3 Å². The van der Waals surface area contributed by atoms with Gasteiger partial charge in [-0.25, -0.2) is 22.2 Å². The third-order valence-electron chi connectivity index (χ3n) is 6.19. The summed E-state index contributed by atoms with van der Waals surface area (Å²) in [7, 11) is -3.59. The summed E-state index contributed by atoms with van der Waals surface area (Å²) in [5, 5.41) is 2.98. The number of ether oxygens (including phenoxy) is 1. The first kappa shape index (κ1) is 22.1. The normalized spacial score (nSPS) is 24.1. The van der Waals surface area contributed by atoms with Crippen LogP contribution >= 0.6 is 11.3 Å². The molecule has 0 spiro atoms. The highest BCUT2D eigenvalue weighted by Crippen LogP contribution is 2.59. The number of likely N-dealkylation sites (tertiary alicyclic amines) is 1. The van der Waals surface area contributed by atoms with Gasteiger partial charge in [-0.1, -0.05) is 0 Å². The lowest BCUT2D eigenvalue weighted by molar-refractivity contribution is -0.0720. The minimum atomic E-state index is -3.59. The highest BCUT2D eigenvalue weighted by molar-refractivity contribution is 7.90. The minimum Gasteiger partial charge on any atom is -0.484 e. The highest BCUT2D eigenvalue weighted by atomic mass is 32.2. The smallest absolute Gasteiger partial charge is 0.281 e. The van der Waals surface area contributed by atoms with Crippen molar-refractivity contribution in [1.29, 1.82) is 0 Å². The van der Waals surface area contributed by atoms with Crippen LogP contribution in [0.5, 0.6) is 5.75 Å². The molecule has 2 heterocycles. The molecule has 1 aromatic carbocycles. The van der Waals surface area contributed by atoms with Gasteiger partial charge in [0.05, 0.1) is 21.2 Å². The van der Waals surface area contributed by atoms with Gasteiger partial charge in [0.1, 0.15) is 5.75 Å². The van der Waals surface area contributed by atoms with E-state index in [0.717, 1.165) is 30.3 Å². The van der Waals surface area contributed by atoms with E-state index in [-0.39, 0.29) is 21.6 Å². The number of carbonyl (C=O) groups is 1. The molecule has 4 rings (SSSR count). The zero-order chi connectivity index (χ0) is 22.8. The number of benzene rings is 1. The highest BCUT2D eigenvalue weighted by Gasteiger charge is 2.63. The monoisotopic (exact) mass is 470 g/mol. The number of hydrogen-bond acceptors (Lipinski definition) is 6. The van der Waals surface area contributed by atoms with Crippen molar-refractivity contribution in [2.24, 2.45) is 5.92 Å². The molecule has 31 heavy (non-hydrogen) atoms. The van der Waals surface area contributed by atoms with Gasteiger partial charge in [-0.3, -0.25) is 4.79 Å². The molecule has 168 valence electrons. The molecule has 0 bridgehead atoms. The van der Waals surface area contributed by atoms with Gasteiger partial charge in [0.15, 0.2) is 15.9 Å². The summed E-state index contributed by atoms with van der Waals surface area (Å²) in [6.45, 7) is 4.85. The van der Waals surface area contributed by atoms with Gasteiger partial charge in [0, 0.05) is 37.1 Å². The fraction of sp³-hybridized carbons (Fsp3) is 0.524. The molecule has 1 saturated heterocycles. The molecule has 6 nitrogen and oxygen atoms in total. The Kier molecular flexibility index (Phi) is 5.16. The number of rotatable bonds is 6. The first-order valence-corrected chi connectivity index (χ1v) is 12.7. The zero-order valence-electron chi connectivity index (χ0n) is 17.7. The van der Waals surface area contributed by atoms with Crippen molar-refractivity contribution in [3.8, 4) is 5.75 Å². The number of nitrogens with zero attached hydrogens (tertiary/aromatic N) is 2. The van der Waals surface area contributed by atoms with Crippen LogP contribution in [0.4, 0.5) is 8.78 Å². The largest absolute Gasteiger partial charge is 0.484 e. The van der Waals surface area contributed by atoms with Crippen molar-refractivity contribution < 1.29 is 26.7 Å². The number of piperidine rings is 1. The Morgan fingerprint density at radius 1 is 1.42 bits per heavy atom. The lowest BCUT2D eigenvalue weighted by Gasteiger charge is -2.25. The number of halogens is 2. The van der Waals surface area contributed by atoms with Crippen molar-refractivity contribution in [1.82, 2.24) is 9.88 Å². The average Bonchev–Trinajstić information content (AvgIpc) is 2.99. The molecule has 1 aromatic heterocycles. The van der Waals surface area contributed by atoms with E-state index in [0.29, 0.717) is 19.0 Å². The predicted molar refractivity (Wildman–Crippen MR) is 113 cm³/mol. The standard InChI is InChI=1S/C21H24F2N2O4S2/c1-12(20(3,22)23)29-17-6-5-15(31(4,27)28)7-16(17)19(26)25-9-14-8-21(14,11-25)18-10-30-13(2)24-18/h5-7,10,12,14H,8-9,11H2,1-4H3/t12-,14?,21?/m0/s1. The van der Waals surface area contributed by atoms with Crippen molar-refractivity contribution in [2.45, 2.75) is 49.5 Å². The minimum absolute atomic E-state index is 0.0232. The molecule has 0 N–H and O–H groups in total. The molecule has 2 aliphatic rings. The number of hydrogen-bond donors (Lipinski definition) is 0. The molecule has 1 aliphatic heterocycles. The zero-order valence-corrected chi connectivity index (χ0v) is 19.3. The van der Waals surface area contributed by atoms with E-state index in [2.05, 4.69) is 4.98 Å². The van der Waals surface area contributed by atoms with Gasteiger partial charge in [-0.05, 0) is 44.4 Å². The van der Waals surface area contributed by atoms with Crippen LogP contribution in [-0.4, -0.2) is 55.6 Å². The lowest BCUT2D eigenvalue weighted by atomic mass is 10.0. The maximum atomic E-state index is 13.7. The van der Waals surface area contributed by atoms with Gasteiger partial charge >= 0.3 is 0 Å². The molecule has 2 fully saturated rings. The van der Waals surface area contributed by atoms with E-state index >= 15 is 0 Å². The van der Waals surface area contributed by atoms with Crippen molar-refractivity contribution in [3.63, 3.8) is 0 Å². The summed E-state index contributed by atoms with van der Waals surface area (Å²) in [5.74, 6) is -3.31. The second-order valence-electron chi connectivity index (χ2n) is 8.64. The fourth-order valence-corrected chi connectivity index (χ4v) is 5.47. The Morgan fingerprint density at radius 3 is 2.71 bits per heavy atom. The maximum Gasteiger partial charge on any atom is 0.281 e. The summed E-state index contributed by atoms with van der Waals surface area (Å²) < 4.78 is 56.8. The van der Waals surface area contributed by atoms with Crippen LogP contribution in [0.15, 0.2) is 28.5 Å². The molecule has 1 saturated carbocycles. The number of aryl methyl sites for hydroxylation is 1. The number of alkyl halides is 2. The summed E-state index contributed by atoms with van der Waals surface area (Å²) in [4.78, 5) is 19.5.